The van der Waals surface area contributed by atoms with Gasteiger partial charge in [0.1, 0.15) is 5.75 Å². The summed E-state index contributed by atoms with van der Waals surface area (Å²) in [5.41, 5.74) is -1.21. The number of benzene rings is 2. The van der Waals surface area contributed by atoms with E-state index in [2.05, 4.69) is 5.92 Å². The van der Waals surface area contributed by atoms with Gasteiger partial charge in [-0.3, -0.25) is 19.3 Å². The Kier molecular flexibility index (Phi) is 3.85. The van der Waals surface area contributed by atoms with Crippen molar-refractivity contribution in [2.24, 2.45) is 0 Å². The van der Waals surface area contributed by atoms with Gasteiger partial charge in [-0.05, 0) is 18.2 Å². The Labute approximate surface area is 156 Å². The van der Waals surface area contributed by atoms with Crippen LogP contribution in [-0.2, 0) is 4.79 Å². The van der Waals surface area contributed by atoms with E-state index in [1.54, 1.807) is 0 Å². The summed E-state index contributed by atoms with van der Waals surface area (Å²) >= 11 is 0. The minimum absolute atomic E-state index is 0.00444. The zero-order valence-corrected chi connectivity index (χ0v) is 14.0. The van der Waals surface area contributed by atoms with Crippen molar-refractivity contribution in [1.29, 1.82) is 0 Å². The van der Waals surface area contributed by atoms with Crippen molar-refractivity contribution >= 4 is 29.1 Å². The van der Waals surface area contributed by atoms with Gasteiger partial charge in [-0.25, -0.2) is 18.1 Å². The van der Waals surface area contributed by atoms with Crippen LogP contribution in [0.15, 0.2) is 24.3 Å². The molecule has 9 heteroatoms. The number of amides is 3. The molecule has 28 heavy (non-hydrogen) atoms. The Morgan fingerprint density at radius 3 is 2.11 bits per heavy atom. The Morgan fingerprint density at radius 1 is 0.929 bits per heavy atom. The van der Waals surface area contributed by atoms with Gasteiger partial charge in [-0.15, -0.1) is 6.42 Å². The van der Waals surface area contributed by atoms with Gasteiger partial charge < -0.3 is 4.74 Å². The molecular formula is C19H9F3N2O4. The molecule has 0 fully saturated rings. The summed E-state index contributed by atoms with van der Waals surface area (Å²) in [5, 5.41) is 0. The number of halogens is 3. The molecule has 0 aliphatic carbocycles. The summed E-state index contributed by atoms with van der Waals surface area (Å²) < 4.78 is 46.8. The third kappa shape index (κ3) is 2.42. The van der Waals surface area contributed by atoms with Crippen molar-refractivity contribution in [1.82, 2.24) is 0 Å². The number of terminal acetylenes is 1. The molecule has 0 spiro atoms. The van der Waals surface area contributed by atoms with Gasteiger partial charge >= 0.3 is 0 Å². The van der Waals surface area contributed by atoms with E-state index in [1.165, 1.54) is 0 Å². The number of ether oxygens (including phenoxy) is 1. The predicted molar refractivity (Wildman–Crippen MR) is 90.6 cm³/mol. The summed E-state index contributed by atoms with van der Waals surface area (Å²) in [7, 11) is 0. The first-order valence-electron chi connectivity index (χ1n) is 7.91. The molecule has 140 valence electrons. The standard InChI is InChI=1S/C19H9F3N2O4/c1-2-3-23-15-7-14(13(22)6-16(15)28-8-17(23)25)24-18(26)9-4-11(20)12(21)5-10(9)19(24)27/h1,4-7H,3,8H2. The quantitative estimate of drug-likeness (QED) is 0.587. The molecule has 3 amide bonds. The van der Waals surface area contributed by atoms with Crippen molar-refractivity contribution in [3.63, 3.8) is 0 Å². The number of fused-ring (bicyclic) bond motifs is 2. The van der Waals surface area contributed by atoms with Crippen molar-refractivity contribution in [2.75, 3.05) is 23.0 Å². The van der Waals surface area contributed by atoms with E-state index < -0.39 is 52.0 Å². The molecule has 2 aromatic rings. The maximum Gasteiger partial charge on any atom is 0.266 e. The first kappa shape index (κ1) is 17.6. The molecule has 2 aliphatic heterocycles. The van der Waals surface area contributed by atoms with Gasteiger partial charge in [0.2, 0.25) is 0 Å². The lowest BCUT2D eigenvalue weighted by atomic mass is 10.1. The number of hydrogen-bond acceptors (Lipinski definition) is 4. The minimum atomic E-state index is -1.31. The zero-order valence-electron chi connectivity index (χ0n) is 14.0. The van der Waals surface area contributed by atoms with Crippen molar-refractivity contribution in [2.45, 2.75) is 0 Å². The zero-order chi connectivity index (χ0) is 20.2. The fourth-order valence-corrected chi connectivity index (χ4v) is 3.10. The number of rotatable bonds is 2. The number of imide groups is 1. The minimum Gasteiger partial charge on any atom is -0.481 e. The summed E-state index contributed by atoms with van der Waals surface area (Å²) in [6.07, 6.45) is 5.25. The van der Waals surface area contributed by atoms with Crippen molar-refractivity contribution in [3.8, 4) is 18.1 Å². The SMILES string of the molecule is C#CCN1C(=O)COc2cc(F)c(N3C(=O)c4cc(F)c(F)cc4C3=O)cc21. The van der Waals surface area contributed by atoms with Gasteiger partial charge in [0, 0.05) is 6.07 Å². The molecule has 0 atom stereocenters. The Hall–Kier alpha value is -3.80. The second-order valence-electron chi connectivity index (χ2n) is 6.00. The molecule has 0 saturated carbocycles. The van der Waals surface area contributed by atoms with E-state index >= 15 is 0 Å². The molecule has 0 unspecified atom stereocenters. The van der Waals surface area contributed by atoms with Crippen LogP contribution in [0.1, 0.15) is 20.7 Å². The fraction of sp³-hybridized carbons (Fsp3) is 0.105. The third-order valence-corrected chi connectivity index (χ3v) is 4.39. The lowest BCUT2D eigenvalue weighted by Crippen LogP contribution is -2.39. The van der Waals surface area contributed by atoms with E-state index in [0.29, 0.717) is 17.0 Å². The van der Waals surface area contributed by atoms with Crippen LogP contribution in [0.25, 0.3) is 0 Å². The number of carbonyl (C=O) groups is 3. The van der Waals surface area contributed by atoms with Crippen molar-refractivity contribution in [3.05, 3.63) is 52.8 Å². The lowest BCUT2D eigenvalue weighted by Gasteiger charge is -2.29. The maximum absolute atomic E-state index is 14.6. The largest absolute Gasteiger partial charge is 0.481 e. The molecule has 4 rings (SSSR count). The van der Waals surface area contributed by atoms with E-state index in [9.17, 15) is 27.6 Å². The maximum atomic E-state index is 14.6. The Balaban J connectivity index is 1.85. The topological polar surface area (TPSA) is 66.9 Å². The van der Waals surface area contributed by atoms with Gasteiger partial charge in [0.25, 0.3) is 17.7 Å². The molecule has 6 nitrogen and oxygen atoms in total. The monoisotopic (exact) mass is 386 g/mol. The van der Waals surface area contributed by atoms with E-state index in [4.69, 9.17) is 11.2 Å². The molecule has 2 aromatic carbocycles. The van der Waals surface area contributed by atoms with Crippen molar-refractivity contribution < 1.29 is 32.3 Å². The number of anilines is 2. The number of hydrogen-bond donors (Lipinski definition) is 0. The number of nitrogens with zero attached hydrogens (tertiary/aromatic N) is 2. The summed E-state index contributed by atoms with van der Waals surface area (Å²) in [6, 6.07) is 3.13. The molecule has 0 bridgehead atoms. The predicted octanol–water partition coefficient (Wildman–Crippen LogP) is 2.26. The molecular weight excluding hydrogens is 377 g/mol. The fourth-order valence-electron chi connectivity index (χ4n) is 3.10. The van der Waals surface area contributed by atoms with Crippen LogP contribution in [0.4, 0.5) is 24.5 Å². The second kappa shape index (κ2) is 6.13. The average molecular weight is 386 g/mol. The molecule has 2 heterocycles. The van der Waals surface area contributed by atoms with Crippen LogP contribution < -0.4 is 14.5 Å². The molecule has 0 N–H and O–H groups in total. The smallest absolute Gasteiger partial charge is 0.266 e. The van der Waals surface area contributed by atoms with Crippen LogP contribution in [-0.4, -0.2) is 30.9 Å². The Morgan fingerprint density at radius 2 is 1.54 bits per heavy atom. The van der Waals surface area contributed by atoms with Gasteiger partial charge in [-0.2, -0.15) is 0 Å². The average Bonchev–Trinajstić information content (AvgIpc) is 2.88. The Bertz CT molecular complexity index is 1080. The van der Waals surface area contributed by atoms with Gasteiger partial charge in [0.15, 0.2) is 24.1 Å². The summed E-state index contributed by atoms with van der Waals surface area (Å²) in [6.45, 7) is -0.488. The number of carbonyl (C=O) groups excluding carboxylic acids is 3. The highest BCUT2D eigenvalue weighted by Gasteiger charge is 2.40. The highest BCUT2D eigenvalue weighted by Crippen LogP contribution is 2.40. The lowest BCUT2D eigenvalue weighted by molar-refractivity contribution is -0.121. The van der Waals surface area contributed by atoms with Gasteiger partial charge in [0.05, 0.1) is 29.0 Å². The normalized spacial score (nSPS) is 15.3. The summed E-state index contributed by atoms with van der Waals surface area (Å²) in [5.74, 6) is -3.88. The summed E-state index contributed by atoms with van der Waals surface area (Å²) in [4.78, 5) is 38.8. The van der Waals surface area contributed by atoms with Gasteiger partial charge in [-0.1, -0.05) is 5.92 Å². The molecule has 2 aliphatic rings. The van der Waals surface area contributed by atoms with Crippen LogP contribution in [0, 0.1) is 29.8 Å². The van der Waals surface area contributed by atoms with Crippen LogP contribution in [0.3, 0.4) is 0 Å². The van der Waals surface area contributed by atoms with E-state index in [1.807, 2.05) is 0 Å². The van der Waals surface area contributed by atoms with Crippen LogP contribution >= 0.6 is 0 Å². The first-order chi connectivity index (χ1) is 13.3. The van der Waals surface area contributed by atoms with Crippen LogP contribution in [0.5, 0.6) is 5.75 Å². The highest BCUT2D eigenvalue weighted by atomic mass is 19.2. The second-order valence-corrected chi connectivity index (χ2v) is 6.00. The highest BCUT2D eigenvalue weighted by molar-refractivity contribution is 6.34. The van der Waals surface area contributed by atoms with E-state index in [0.717, 1.165) is 17.0 Å². The molecule has 0 radical (unpaired) electrons. The molecule has 0 aromatic heterocycles. The first-order valence-corrected chi connectivity index (χ1v) is 7.91. The van der Waals surface area contributed by atoms with E-state index in [-0.39, 0.29) is 24.6 Å². The third-order valence-electron chi connectivity index (χ3n) is 4.39. The molecule has 0 saturated heterocycles. The van der Waals surface area contributed by atoms with Crippen LogP contribution in [0.2, 0.25) is 0 Å².